The molecule has 1 rings (SSSR count). The molecule has 17 heavy (non-hydrogen) atoms. The molecule has 1 aliphatic carbocycles. The number of hydrogen-bond donors (Lipinski definition) is 1. The van der Waals surface area contributed by atoms with E-state index < -0.39 is 0 Å². The van der Waals surface area contributed by atoms with Crippen molar-refractivity contribution >= 4 is 0 Å². The van der Waals surface area contributed by atoms with Gasteiger partial charge >= 0.3 is 0 Å². The van der Waals surface area contributed by atoms with E-state index in [1.165, 1.54) is 19.3 Å². The average molecular weight is 242 g/mol. The van der Waals surface area contributed by atoms with Gasteiger partial charge in [0.15, 0.2) is 0 Å². The molecule has 0 spiro atoms. The minimum Gasteiger partial charge on any atom is -0.377 e. The fourth-order valence-electron chi connectivity index (χ4n) is 2.77. The Morgan fingerprint density at radius 1 is 1.35 bits per heavy atom. The van der Waals surface area contributed by atoms with Crippen LogP contribution in [0.15, 0.2) is 0 Å². The Balaban J connectivity index is 2.38. The lowest BCUT2D eigenvalue weighted by Crippen LogP contribution is -2.51. The summed E-state index contributed by atoms with van der Waals surface area (Å²) in [5.74, 6) is 0.859. The van der Waals surface area contributed by atoms with Gasteiger partial charge in [0.25, 0.3) is 0 Å². The summed E-state index contributed by atoms with van der Waals surface area (Å²) in [4.78, 5) is 2.47. The molecule has 0 heterocycles. The van der Waals surface area contributed by atoms with E-state index in [-0.39, 0.29) is 0 Å². The van der Waals surface area contributed by atoms with Crippen molar-refractivity contribution in [2.75, 3.05) is 27.2 Å². The van der Waals surface area contributed by atoms with E-state index in [0.29, 0.717) is 18.2 Å². The molecule has 1 N–H and O–H groups in total. The minimum atomic E-state index is 0.341. The third kappa shape index (κ3) is 4.94. The van der Waals surface area contributed by atoms with Gasteiger partial charge in [-0.05, 0) is 53.1 Å². The standard InChI is InChI=1S/C14H30N2O/c1-11(2)17-9-8-16(5)14-10-12(3)6-7-13(14)15-4/h11-15H,6-10H2,1-5H3. The Labute approximate surface area is 107 Å². The smallest absolute Gasteiger partial charge is 0.0596 e. The van der Waals surface area contributed by atoms with Gasteiger partial charge in [0, 0.05) is 18.6 Å². The van der Waals surface area contributed by atoms with Crippen LogP contribution in [0.3, 0.4) is 0 Å². The first-order valence-corrected chi connectivity index (χ1v) is 7.03. The number of likely N-dealkylation sites (N-methyl/N-ethyl adjacent to an activating group) is 2. The summed E-state index contributed by atoms with van der Waals surface area (Å²) in [7, 11) is 4.32. The van der Waals surface area contributed by atoms with Crippen molar-refractivity contribution < 1.29 is 4.74 Å². The van der Waals surface area contributed by atoms with Crippen LogP contribution in [0.4, 0.5) is 0 Å². The second-order valence-electron chi connectivity index (χ2n) is 5.78. The van der Waals surface area contributed by atoms with Crippen LogP contribution in [0.25, 0.3) is 0 Å². The SMILES string of the molecule is CNC1CCC(C)CC1N(C)CCOC(C)C. The van der Waals surface area contributed by atoms with E-state index in [2.05, 4.69) is 45.1 Å². The van der Waals surface area contributed by atoms with Crippen molar-refractivity contribution in [3.8, 4) is 0 Å². The van der Waals surface area contributed by atoms with E-state index in [9.17, 15) is 0 Å². The van der Waals surface area contributed by atoms with E-state index in [4.69, 9.17) is 4.74 Å². The molecule has 1 aliphatic rings. The zero-order valence-electron chi connectivity index (χ0n) is 12.2. The topological polar surface area (TPSA) is 24.5 Å². The lowest BCUT2D eigenvalue weighted by molar-refractivity contribution is 0.0423. The summed E-state index contributed by atoms with van der Waals surface area (Å²) in [5, 5.41) is 3.47. The number of hydrogen-bond acceptors (Lipinski definition) is 3. The molecule has 0 amide bonds. The normalized spacial score (nSPS) is 30.2. The molecule has 1 fully saturated rings. The molecule has 0 saturated heterocycles. The second-order valence-corrected chi connectivity index (χ2v) is 5.78. The molecule has 3 nitrogen and oxygen atoms in total. The maximum absolute atomic E-state index is 5.64. The Hall–Kier alpha value is -0.120. The summed E-state index contributed by atoms with van der Waals surface area (Å²) < 4.78 is 5.64. The van der Waals surface area contributed by atoms with Gasteiger partial charge in [-0.2, -0.15) is 0 Å². The van der Waals surface area contributed by atoms with Crippen LogP contribution in [0.2, 0.25) is 0 Å². The van der Waals surface area contributed by atoms with Crippen LogP contribution >= 0.6 is 0 Å². The van der Waals surface area contributed by atoms with Crippen LogP contribution in [0, 0.1) is 5.92 Å². The summed E-state index contributed by atoms with van der Waals surface area (Å²) in [6, 6.07) is 1.31. The van der Waals surface area contributed by atoms with Gasteiger partial charge in [0.1, 0.15) is 0 Å². The Morgan fingerprint density at radius 2 is 2.06 bits per heavy atom. The van der Waals surface area contributed by atoms with Crippen LogP contribution < -0.4 is 5.32 Å². The summed E-state index contributed by atoms with van der Waals surface area (Å²) >= 11 is 0. The second kappa shape index (κ2) is 7.34. The highest BCUT2D eigenvalue weighted by atomic mass is 16.5. The first kappa shape index (κ1) is 14.9. The lowest BCUT2D eigenvalue weighted by Gasteiger charge is -2.40. The van der Waals surface area contributed by atoms with Crippen molar-refractivity contribution in [1.82, 2.24) is 10.2 Å². The number of rotatable bonds is 6. The summed E-state index contributed by atoms with van der Waals surface area (Å²) in [6.45, 7) is 8.44. The van der Waals surface area contributed by atoms with Gasteiger partial charge in [-0.1, -0.05) is 6.92 Å². The molecule has 1 saturated carbocycles. The number of nitrogens with zero attached hydrogens (tertiary/aromatic N) is 1. The molecule has 3 heteroatoms. The molecule has 0 aromatic heterocycles. The molecular weight excluding hydrogens is 212 g/mol. The van der Waals surface area contributed by atoms with E-state index in [0.717, 1.165) is 19.1 Å². The summed E-state index contributed by atoms with van der Waals surface area (Å²) in [6.07, 6.45) is 4.31. The highest BCUT2D eigenvalue weighted by Crippen LogP contribution is 2.26. The molecule has 0 radical (unpaired) electrons. The molecule has 0 aromatic rings. The van der Waals surface area contributed by atoms with Crippen LogP contribution in [0.1, 0.15) is 40.0 Å². The van der Waals surface area contributed by atoms with E-state index in [1.807, 2.05) is 0 Å². The van der Waals surface area contributed by atoms with Gasteiger partial charge < -0.3 is 10.1 Å². The van der Waals surface area contributed by atoms with Crippen LogP contribution in [-0.4, -0.2) is 50.3 Å². The van der Waals surface area contributed by atoms with Gasteiger partial charge in [0.05, 0.1) is 12.7 Å². The molecular formula is C14H30N2O. The molecule has 102 valence electrons. The third-order valence-electron chi connectivity index (χ3n) is 3.91. The fourth-order valence-corrected chi connectivity index (χ4v) is 2.77. The predicted octanol–water partition coefficient (Wildman–Crippen LogP) is 2.12. The Kier molecular flexibility index (Phi) is 6.45. The van der Waals surface area contributed by atoms with Gasteiger partial charge in [-0.15, -0.1) is 0 Å². The van der Waals surface area contributed by atoms with Gasteiger partial charge in [0.2, 0.25) is 0 Å². The van der Waals surface area contributed by atoms with Crippen molar-refractivity contribution in [1.29, 1.82) is 0 Å². The van der Waals surface area contributed by atoms with E-state index in [1.54, 1.807) is 0 Å². The Morgan fingerprint density at radius 3 is 2.65 bits per heavy atom. The third-order valence-corrected chi connectivity index (χ3v) is 3.91. The highest BCUT2D eigenvalue weighted by molar-refractivity contribution is 4.88. The molecule has 3 unspecified atom stereocenters. The first-order valence-electron chi connectivity index (χ1n) is 7.03. The average Bonchev–Trinajstić information content (AvgIpc) is 2.28. The number of ether oxygens (including phenoxy) is 1. The molecule has 0 aliphatic heterocycles. The van der Waals surface area contributed by atoms with Crippen molar-refractivity contribution in [3.05, 3.63) is 0 Å². The highest BCUT2D eigenvalue weighted by Gasteiger charge is 2.30. The predicted molar refractivity (Wildman–Crippen MR) is 73.4 cm³/mol. The van der Waals surface area contributed by atoms with Crippen molar-refractivity contribution in [2.24, 2.45) is 5.92 Å². The first-order chi connectivity index (χ1) is 8.04. The minimum absolute atomic E-state index is 0.341. The quantitative estimate of drug-likeness (QED) is 0.772. The zero-order chi connectivity index (χ0) is 12.8. The largest absolute Gasteiger partial charge is 0.377 e. The van der Waals surface area contributed by atoms with Crippen LogP contribution in [0.5, 0.6) is 0 Å². The van der Waals surface area contributed by atoms with Crippen molar-refractivity contribution in [2.45, 2.75) is 58.2 Å². The monoisotopic (exact) mass is 242 g/mol. The fraction of sp³-hybridized carbons (Fsp3) is 1.00. The van der Waals surface area contributed by atoms with E-state index >= 15 is 0 Å². The number of nitrogens with one attached hydrogen (secondary N) is 1. The maximum atomic E-state index is 5.64. The molecule has 0 aromatic carbocycles. The summed E-state index contributed by atoms with van der Waals surface area (Å²) in [5.41, 5.74) is 0. The van der Waals surface area contributed by atoms with Crippen molar-refractivity contribution in [3.63, 3.8) is 0 Å². The molecule has 0 bridgehead atoms. The maximum Gasteiger partial charge on any atom is 0.0596 e. The zero-order valence-corrected chi connectivity index (χ0v) is 12.2. The lowest BCUT2D eigenvalue weighted by atomic mass is 9.82. The van der Waals surface area contributed by atoms with Gasteiger partial charge in [-0.3, -0.25) is 4.90 Å². The molecule has 3 atom stereocenters. The van der Waals surface area contributed by atoms with Gasteiger partial charge in [-0.25, -0.2) is 0 Å². The Bertz CT molecular complexity index is 208. The van der Waals surface area contributed by atoms with Crippen LogP contribution in [-0.2, 0) is 4.74 Å².